The number of hydrogen-bond donors (Lipinski definition) is 2. The van der Waals surface area contributed by atoms with Crippen LogP contribution in [0.1, 0.15) is 48.2 Å². The van der Waals surface area contributed by atoms with Crippen LogP contribution in [0.25, 0.3) is 5.69 Å². The lowest BCUT2D eigenvalue weighted by atomic mass is 9.84. The van der Waals surface area contributed by atoms with Crippen molar-refractivity contribution in [3.05, 3.63) is 41.7 Å². The topological polar surface area (TPSA) is 82.2 Å². The number of rotatable bonds is 6. The van der Waals surface area contributed by atoms with Crippen molar-refractivity contribution in [3.63, 3.8) is 0 Å². The number of nitrogens with one attached hydrogen (secondary N) is 1. The largest absolute Gasteiger partial charge is 0.494 e. The molecule has 0 bridgehead atoms. The standard InChI is InChI=1S/C20H28N4O2/c1-14-8-9-19(26-2)18(12-14)24-11-10-16(23-24)20(25)22-17(13-21)15-6-4-3-5-7-15/h8-12,15,17H,3-7,13,21H2,1-2H3,(H,22,25). The normalized spacial score (nSPS) is 16.3. The fourth-order valence-electron chi connectivity index (χ4n) is 3.71. The van der Waals surface area contributed by atoms with E-state index in [2.05, 4.69) is 10.4 Å². The first kappa shape index (κ1) is 18.5. The molecule has 3 N–H and O–H groups in total. The van der Waals surface area contributed by atoms with E-state index in [1.54, 1.807) is 24.1 Å². The molecular formula is C20H28N4O2. The SMILES string of the molecule is COc1ccc(C)cc1-n1ccc(C(=O)NC(CN)C2CCCCC2)n1. The monoisotopic (exact) mass is 356 g/mol. The quantitative estimate of drug-likeness (QED) is 0.834. The Balaban J connectivity index is 1.74. The van der Waals surface area contributed by atoms with Gasteiger partial charge in [-0.15, -0.1) is 0 Å². The van der Waals surface area contributed by atoms with Crippen molar-refractivity contribution in [1.82, 2.24) is 15.1 Å². The van der Waals surface area contributed by atoms with E-state index < -0.39 is 0 Å². The molecule has 0 spiro atoms. The zero-order chi connectivity index (χ0) is 18.5. The molecule has 6 nitrogen and oxygen atoms in total. The van der Waals surface area contributed by atoms with Gasteiger partial charge in [-0.1, -0.05) is 25.3 Å². The minimum absolute atomic E-state index is 0.0152. The molecule has 1 fully saturated rings. The molecule has 1 aliphatic rings. The maximum absolute atomic E-state index is 12.6. The second-order valence-electron chi connectivity index (χ2n) is 7.03. The highest BCUT2D eigenvalue weighted by Gasteiger charge is 2.25. The molecule has 1 aromatic carbocycles. The van der Waals surface area contributed by atoms with Gasteiger partial charge in [0.1, 0.15) is 11.4 Å². The summed E-state index contributed by atoms with van der Waals surface area (Å²) in [6, 6.07) is 7.61. The second-order valence-corrected chi connectivity index (χ2v) is 7.03. The number of nitrogens with zero attached hydrogens (tertiary/aromatic N) is 2. The van der Waals surface area contributed by atoms with Crippen molar-refractivity contribution in [3.8, 4) is 11.4 Å². The molecule has 2 aromatic rings. The molecule has 1 atom stereocenters. The number of methoxy groups -OCH3 is 1. The molecule has 1 amide bonds. The Morgan fingerprint density at radius 3 is 2.81 bits per heavy atom. The van der Waals surface area contributed by atoms with Crippen LogP contribution in [-0.4, -0.2) is 35.4 Å². The summed E-state index contributed by atoms with van der Waals surface area (Å²) in [6.07, 6.45) is 7.78. The number of ether oxygens (including phenoxy) is 1. The third kappa shape index (κ3) is 4.07. The molecule has 6 heteroatoms. The van der Waals surface area contributed by atoms with Gasteiger partial charge in [0.15, 0.2) is 5.69 Å². The first-order chi connectivity index (χ1) is 12.6. The number of nitrogens with two attached hydrogens (primary N) is 1. The smallest absolute Gasteiger partial charge is 0.272 e. The summed E-state index contributed by atoms with van der Waals surface area (Å²) >= 11 is 0. The van der Waals surface area contributed by atoms with Gasteiger partial charge in [0, 0.05) is 18.8 Å². The van der Waals surface area contributed by atoms with Crippen LogP contribution in [0.3, 0.4) is 0 Å². The van der Waals surface area contributed by atoms with Crippen molar-refractivity contribution in [2.75, 3.05) is 13.7 Å². The average Bonchev–Trinajstić information content (AvgIpc) is 3.17. The van der Waals surface area contributed by atoms with E-state index in [9.17, 15) is 4.79 Å². The van der Waals surface area contributed by atoms with Gasteiger partial charge >= 0.3 is 0 Å². The van der Waals surface area contributed by atoms with Crippen molar-refractivity contribution in [2.45, 2.75) is 45.1 Å². The summed E-state index contributed by atoms with van der Waals surface area (Å²) in [5.74, 6) is 1.01. The Morgan fingerprint density at radius 2 is 2.12 bits per heavy atom. The van der Waals surface area contributed by atoms with Crippen LogP contribution in [0.2, 0.25) is 0 Å². The number of carbonyl (C=O) groups is 1. The van der Waals surface area contributed by atoms with Gasteiger partial charge in [0.2, 0.25) is 0 Å². The first-order valence-corrected chi connectivity index (χ1v) is 9.34. The molecule has 0 radical (unpaired) electrons. The van der Waals surface area contributed by atoms with E-state index >= 15 is 0 Å². The zero-order valence-electron chi connectivity index (χ0n) is 15.6. The highest BCUT2D eigenvalue weighted by atomic mass is 16.5. The van der Waals surface area contributed by atoms with E-state index in [0.717, 1.165) is 24.1 Å². The van der Waals surface area contributed by atoms with Gasteiger partial charge < -0.3 is 15.8 Å². The average molecular weight is 356 g/mol. The van der Waals surface area contributed by atoms with Crippen molar-refractivity contribution < 1.29 is 9.53 Å². The molecule has 26 heavy (non-hydrogen) atoms. The van der Waals surface area contributed by atoms with Gasteiger partial charge in [0.25, 0.3) is 5.91 Å². The molecule has 1 unspecified atom stereocenters. The van der Waals surface area contributed by atoms with Gasteiger partial charge in [-0.2, -0.15) is 5.10 Å². The molecule has 3 rings (SSSR count). The van der Waals surface area contributed by atoms with Crippen LogP contribution in [0.4, 0.5) is 0 Å². The summed E-state index contributed by atoms with van der Waals surface area (Å²) in [4.78, 5) is 12.6. The molecule has 0 saturated heterocycles. The number of amides is 1. The molecular weight excluding hydrogens is 328 g/mol. The minimum atomic E-state index is -0.170. The number of aryl methyl sites for hydroxylation is 1. The third-order valence-corrected chi connectivity index (χ3v) is 5.19. The second kappa shape index (κ2) is 8.36. The number of benzene rings is 1. The number of aromatic nitrogens is 2. The summed E-state index contributed by atoms with van der Waals surface area (Å²) in [7, 11) is 1.63. The van der Waals surface area contributed by atoms with E-state index in [0.29, 0.717) is 23.9 Å². The van der Waals surface area contributed by atoms with E-state index in [1.165, 1.54) is 19.3 Å². The lowest BCUT2D eigenvalue weighted by Crippen LogP contribution is -2.46. The number of carbonyl (C=O) groups excluding carboxylic acids is 1. The molecule has 1 saturated carbocycles. The highest BCUT2D eigenvalue weighted by Crippen LogP contribution is 2.26. The van der Waals surface area contributed by atoms with Crippen molar-refractivity contribution in [2.24, 2.45) is 11.7 Å². The molecule has 1 heterocycles. The predicted molar refractivity (Wildman–Crippen MR) is 102 cm³/mol. The summed E-state index contributed by atoms with van der Waals surface area (Å²) in [6.45, 7) is 2.47. The Hall–Kier alpha value is -2.34. The fourth-order valence-corrected chi connectivity index (χ4v) is 3.71. The van der Waals surface area contributed by atoms with Crippen LogP contribution >= 0.6 is 0 Å². The van der Waals surface area contributed by atoms with Crippen LogP contribution in [0.5, 0.6) is 5.75 Å². The Kier molecular flexibility index (Phi) is 5.93. The minimum Gasteiger partial charge on any atom is -0.494 e. The Morgan fingerprint density at radius 1 is 1.35 bits per heavy atom. The van der Waals surface area contributed by atoms with E-state index in [1.807, 2.05) is 25.1 Å². The Bertz CT molecular complexity index is 750. The maximum Gasteiger partial charge on any atom is 0.272 e. The Labute approximate surface area is 154 Å². The van der Waals surface area contributed by atoms with Crippen LogP contribution in [0, 0.1) is 12.8 Å². The van der Waals surface area contributed by atoms with E-state index in [-0.39, 0.29) is 11.9 Å². The molecule has 140 valence electrons. The predicted octanol–water partition coefficient (Wildman–Crippen LogP) is 2.83. The van der Waals surface area contributed by atoms with Gasteiger partial charge in [-0.25, -0.2) is 4.68 Å². The van der Waals surface area contributed by atoms with Gasteiger partial charge in [-0.3, -0.25) is 4.79 Å². The summed E-state index contributed by atoms with van der Waals surface area (Å²) in [5.41, 5.74) is 8.23. The maximum atomic E-state index is 12.6. The number of hydrogen-bond acceptors (Lipinski definition) is 4. The summed E-state index contributed by atoms with van der Waals surface area (Å²) < 4.78 is 7.09. The molecule has 1 aromatic heterocycles. The first-order valence-electron chi connectivity index (χ1n) is 9.34. The molecule has 0 aliphatic heterocycles. The van der Waals surface area contributed by atoms with Crippen molar-refractivity contribution in [1.29, 1.82) is 0 Å². The zero-order valence-corrected chi connectivity index (χ0v) is 15.6. The lowest BCUT2D eigenvalue weighted by molar-refractivity contribution is 0.0910. The summed E-state index contributed by atoms with van der Waals surface area (Å²) in [5, 5.41) is 7.53. The van der Waals surface area contributed by atoms with Gasteiger partial charge in [0.05, 0.1) is 7.11 Å². The van der Waals surface area contributed by atoms with Crippen LogP contribution in [-0.2, 0) is 0 Å². The van der Waals surface area contributed by atoms with Crippen LogP contribution in [0.15, 0.2) is 30.5 Å². The lowest BCUT2D eigenvalue weighted by Gasteiger charge is -2.29. The van der Waals surface area contributed by atoms with Crippen LogP contribution < -0.4 is 15.8 Å². The highest BCUT2D eigenvalue weighted by molar-refractivity contribution is 5.92. The van der Waals surface area contributed by atoms with Crippen molar-refractivity contribution >= 4 is 5.91 Å². The third-order valence-electron chi connectivity index (χ3n) is 5.19. The van der Waals surface area contributed by atoms with E-state index in [4.69, 9.17) is 10.5 Å². The molecule has 1 aliphatic carbocycles. The fraction of sp³-hybridized carbons (Fsp3) is 0.500. The van der Waals surface area contributed by atoms with Gasteiger partial charge in [-0.05, 0) is 49.4 Å².